The molecule has 150 valence electrons. The first-order valence-corrected chi connectivity index (χ1v) is 10.7. The first-order chi connectivity index (χ1) is 15.2. The van der Waals surface area contributed by atoms with Gasteiger partial charge in [-0.2, -0.15) is 0 Å². The molecule has 0 bridgehead atoms. The zero-order valence-corrected chi connectivity index (χ0v) is 17.1. The number of hydrogen-bond donors (Lipinski definition) is 0. The SMILES string of the molecule is C=C1/C=C\C2=C(Cc3cc(-c4ccc5ccccc5c4)ccc3O1)C1C=CC=CC1O2. The lowest BCUT2D eigenvalue weighted by atomic mass is 9.86. The molecule has 0 saturated carbocycles. The summed E-state index contributed by atoms with van der Waals surface area (Å²) >= 11 is 0. The quantitative estimate of drug-likeness (QED) is 0.440. The van der Waals surface area contributed by atoms with E-state index in [2.05, 4.69) is 91.5 Å². The lowest BCUT2D eigenvalue weighted by Gasteiger charge is -2.19. The Morgan fingerprint density at radius 1 is 0.806 bits per heavy atom. The summed E-state index contributed by atoms with van der Waals surface area (Å²) in [6.07, 6.45) is 13.3. The molecule has 0 N–H and O–H groups in total. The summed E-state index contributed by atoms with van der Waals surface area (Å²) in [5.74, 6) is 2.65. The zero-order valence-electron chi connectivity index (χ0n) is 17.1. The summed E-state index contributed by atoms with van der Waals surface area (Å²) < 4.78 is 12.3. The van der Waals surface area contributed by atoms with Crippen LogP contribution in [-0.4, -0.2) is 6.10 Å². The molecule has 1 aliphatic carbocycles. The molecule has 2 unspecified atom stereocenters. The van der Waals surface area contributed by atoms with Crippen LogP contribution in [0.5, 0.6) is 5.75 Å². The Bertz CT molecular complexity index is 1340. The Kier molecular flexibility index (Phi) is 4.17. The van der Waals surface area contributed by atoms with Crippen molar-refractivity contribution in [3.8, 4) is 16.9 Å². The summed E-state index contributed by atoms with van der Waals surface area (Å²) in [7, 11) is 0. The van der Waals surface area contributed by atoms with E-state index in [1.807, 2.05) is 12.2 Å². The molecule has 0 aromatic heterocycles. The van der Waals surface area contributed by atoms with E-state index in [1.165, 1.54) is 27.5 Å². The van der Waals surface area contributed by atoms with Crippen molar-refractivity contribution in [2.45, 2.75) is 12.5 Å². The van der Waals surface area contributed by atoms with Crippen molar-refractivity contribution < 1.29 is 9.47 Å². The van der Waals surface area contributed by atoms with Crippen LogP contribution in [0.4, 0.5) is 0 Å². The molecule has 3 aliphatic rings. The summed E-state index contributed by atoms with van der Waals surface area (Å²) in [5.41, 5.74) is 4.82. The van der Waals surface area contributed by atoms with E-state index < -0.39 is 0 Å². The van der Waals surface area contributed by atoms with Gasteiger partial charge in [0.1, 0.15) is 23.4 Å². The Balaban J connectivity index is 1.44. The Labute approximate surface area is 182 Å². The van der Waals surface area contributed by atoms with Gasteiger partial charge in [0.25, 0.3) is 0 Å². The highest BCUT2D eigenvalue weighted by Crippen LogP contribution is 2.41. The van der Waals surface area contributed by atoms with Crippen molar-refractivity contribution >= 4 is 10.8 Å². The Morgan fingerprint density at radius 3 is 2.55 bits per heavy atom. The second-order valence-corrected chi connectivity index (χ2v) is 8.23. The minimum atomic E-state index is 0.0698. The number of allylic oxidation sites excluding steroid dienone is 4. The van der Waals surface area contributed by atoms with E-state index in [-0.39, 0.29) is 12.0 Å². The van der Waals surface area contributed by atoms with Crippen LogP contribution in [0.25, 0.3) is 21.9 Å². The maximum Gasteiger partial charge on any atom is 0.130 e. The van der Waals surface area contributed by atoms with Crippen LogP contribution >= 0.6 is 0 Å². The van der Waals surface area contributed by atoms with Crippen molar-refractivity contribution in [3.63, 3.8) is 0 Å². The highest BCUT2D eigenvalue weighted by Gasteiger charge is 2.34. The minimum Gasteiger partial charge on any atom is -0.485 e. The first kappa shape index (κ1) is 18.0. The fourth-order valence-corrected chi connectivity index (χ4v) is 4.67. The third kappa shape index (κ3) is 3.21. The average molecular weight is 402 g/mol. The number of rotatable bonds is 1. The highest BCUT2D eigenvalue weighted by molar-refractivity contribution is 5.87. The van der Waals surface area contributed by atoms with Crippen LogP contribution in [-0.2, 0) is 11.2 Å². The fourth-order valence-electron chi connectivity index (χ4n) is 4.67. The molecule has 2 aliphatic heterocycles. The van der Waals surface area contributed by atoms with Gasteiger partial charge in [-0.3, -0.25) is 0 Å². The van der Waals surface area contributed by atoms with Crippen molar-refractivity contribution in [3.05, 3.63) is 126 Å². The summed E-state index contributed by atoms with van der Waals surface area (Å²) in [6, 6.07) is 21.5. The molecule has 0 fully saturated rings. The second kappa shape index (κ2) is 7.17. The molecule has 2 atom stereocenters. The standard InChI is InChI=1S/C29H22O2/c1-19-10-14-29-26(25-8-4-5-9-28(25)31-29)18-24-17-23(13-15-27(24)30-19)22-12-11-20-6-2-3-7-21(20)16-22/h2-17,25,28H,1,18H2/b14-10-. The summed E-state index contributed by atoms with van der Waals surface area (Å²) in [6.45, 7) is 4.06. The van der Waals surface area contributed by atoms with E-state index in [1.54, 1.807) is 0 Å². The molecule has 2 heterocycles. The van der Waals surface area contributed by atoms with Gasteiger partial charge in [0.15, 0.2) is 0 Å². The normalized spacial score (nSPS) is 22.5. The van der Waals surface area contributed by atoms with Crippen molar-refractivity contribution in [1.29, 1.82) is 0 Å². The molecule has 0 spiro atoms. The maximum absolute atomic E-state index is 6.24. The molecule has 0 radical (unpaired) electrons. The van der Waals surface area contributed by atoms with Crippen molar-refractivity contribution in [1.82, 2.24) is 0 Å². The molecule has 6 rings (SSSR count). The van der Waals surface area contributed by atoms with Gasteiger partial charge in [-0.25, -0.2) is 0 Å². The minimum absolute atomic E-state index is 0.0698. The third-order valence-corrected chi connectivity index (χ3v) is 6.25. The lowest BCUT2D eigenvalue weighted by molar-refractivity contribution is 0.173. The molecule has 3 aromatic carbocycles. The van der Waals surface area contributed by atoms with E-state index >= 15 is 0 Å². The average Bonchev–Trinajstić information content (AvgIpc) is 3.17. The summed E-state index contributed by atoms with van der Waals surface area (Å²) in [4.78, 5) is 0. The molecule has 0 amide bonds. The van der Waals surface area contributed by atoms with Crippen LogP contribution in [0.3, 0.4) is 0 Å². The smallest absolute Gasteiger partial charge is 0.130 e. The molecular weight excluding hydrogens is 380 g/mol. The second-order valence-electron chi connectivity index (χ2n) is 8.23. The van der Waals surface area contributed by atoms with Crippen LogP contribution in [0.15, 0.2) is 121 Å². The maximum atomic E-state index is 6.24. The topological polar surface area (TPSA) is 18.5 Å². The van der Waals surface area contributed by atoms with Crippen LogP contribution in [0.2, 0.25) is 0 Å². The van der Waals surface area contributed by atoms with Crippen molar-refractivity contribution in [2.75, 3.05) is 0 Å². The number of benzene rings is 3. The first-order valence-electron chi connectivity index (χ1n) is 10.7. The van der Waals surface area contributed by atoms with Crippen molar-refractivity contribution in [2.24, 2.45) is 5.92 Å². The van der Waals surface area contributed by atoms with Crippen LogP contribution < -0.4 is 4.74 Å². The monoisotopic (exact) mass is 402 g/mol. The molecule has 31 heavy (non-hydrogen) atoms. The van der Waals surface area contributed by atoms with E-state index in [0.29, 0.717) is 5.76 Å². The summed E-state index contributed by atoms with van der Waals surface area (Å²) in [5, 5.41) is 2.49. The van der Waals surface area contributed by atoms with Gasteiger partial charge in [-0.1, -0.05) is 67.3 Å². The van der Waals surface area contributed by atoms with Gasteiger partial charge in [0, 0.05) is 12.3 Å². The highest BCUT2D eigenvalue weighted by atomic mass is 16.5. The number of ether oxygens (including phenoxy) is 2. The van der Waals surface area contributed by atoms with E-state index in [9.17, 15) is 0 Å². The van der Waals surface area contributed by atoms with Gasteiger partial charge in [-0.15, -0.1) is 0 Å². The fraction of sp³-hybridized carbons (Fsp3) is 0.103. The molecule has 3 aromatic rings. The van der Waals surface area contributed by atoms with E-state index in [0.717, 1.165) is 23.5 Å². The van der Waals surface area contributed by atoms with E-state index in [4.69, 9.17) is 9.47 Å². The van der Waals surface area contributed by atoms with Gasteiger partial charge in [0.05, 0.1) is 0 Å². The largest absolute Gasteiger partial charge is 0.485 e. The van der Waals surface area contributed by atoms with Crippen LogP contribution in [0.1, 0.15) is 5.56 Å². The Morgan fingerprint density at radius 2 is 1.61 bits per heavy atom. The van der Waals surface area contributed by atoms with Gasteiger partial charge in [0.2, 0.25) is 0 Å². The van der Waals surface area contributed by atoms with Gasteiger partial charge >= 0.3 is 0 Å². The predicted molar refractivity (Wildman–Crippen MR) is 126 cm³/mol. The Hall–Kier alpha value is -3.78. The molecule has 0 saturated heterocycles. The predicted octanol–water partition coefficient (Wildman–Crippen LogP) is 6.91. The molecule has 2 heteroatoms. The van der Waals surface area contributed by atoms with Gasteiger partial charge in [-0.05, 0) is 69.5 Å². The van der Waals surface area contributed by atoms with Gasteiger partial charge < -0.3 is 9.47 Å². The number of hydrogen-bond acceptors (Lipinski definition) is 2. The molecule has 2 nitrogen and oxygen atoms in total. The lowest BCUT2D eigenvalue weighted by Crippen LogP contribution is -2.17. The zero-order chi connectivity index (χ0) is 20.8. The third-order valence-electron chi connectivity index (χ3n) is 6.25. The van der Waals surface area contributed by atoms with Crippen LogP contribution in [0, 0.1) is 5.92 Å². The number of fused-ring (bicyclic) bond motifs is 4. The molecular formula is C29H22O2.